The normalized spacial score (nSPS) is 33.3. The molecule has 0 bridgehead atoms. The Balaban J connectivity index is 1.65. The molecule has 0 spiro atoms. The lowest BCUT2D eigenvalue weighted by Gasteiger charge is -2.47. The molecule has 2 heterocycles. The van der Waals surface area contributed by atoms with Gasteiger partial charge in [0.2, 0.25) is 0 Å². The van der Waals surface area contributed by atoms with Crippen LogP contribution in [-0.2, 0) is 13.6 Å². The molecule has 1 N–H and O–H groups in total. The van der Waals surface area contributed by atoms with Crippen LogP contribution in [0.4, 0.5) is 0 Å². The van der Waals surface area contributed by atoms with Crippen LogP contribution >= 0.6 is 0 Å². The Morgan fingerprint density at radius 3 is 3.11 bits per heavy atom. The Morgan fingerprint density at radius 1 is 1.44 bits per heavy atom. The molecule has 0 aromatic carbocycles. The Labute approximate surface area is 108 Å². The third kappa shape index (κ3) is 2.17. The highest BCUT2D eigenvalue weighted by Crippen LogP contribution is 2.39. The van der Waals surface area contributed by atoms with Crippen molar-refractivity contribution >= 4 is 0 Å². The fraction of sp³-hybridized carbons (Fsp3) is 0.846. The van der Waals surface area contributed by atoms with Crippen molar-refractivity contribution < 1.29 is 5.11 Å². The number of aliphatic hydroxyl groups is 1. The predicted octanol–water partition coefficient (Wildman–Crippen LogP) is 0.942. The number of nitrogens with zero attached hydrogens (tertiary/aromatic N) is 4. The van der Waals surface area contributed by atoms with Crippen molar-refractivity contribution in [2.75, 3.05) is 13.1 Å². The van der Waals surface area contributed by atoms with E-state index in [0.29, 0.717) is 5.92 Å². The number of rotatable bonds is 2. The van der Waals surface area contributed by atoms with Crippen molar-refractivity contribution in [1.29, 1.82) is 0 Å². The standard InChI is InChI=1S/C13H22N4O/c1-16-10-14-15-12(16)9-17-7-6-13(18)5-3-2-4-11(13)8-17/h10-11,18H,2-9H2,1H3. The molecule has 1 aliphatic carbocycles. The molecule has 2 aliphatic rings. The van der Waals surface area contributed by atoms with Gasteiger partial charge in [-0.2, -0.15) is 0 Å². The zero-order valence-corrected chi connectivity index (χ0v) is 11.0. The summed E-state index contributed by atoms with van der Waals surface area (Å²) >= 11 is 0. The molecule has 5 nitrogen and oxygen atoms in total. The summed E-state index contributed by atoms with van der Waals surface area (Å²) in [6, 6.07) is 0. The van der Waals surface area contributed by atoms with Crippen LogP contribution in [0.15, 0.2) is 6.33 Å². The molecule has 5 heteroatoms. The third-order valence-electron chi connectivity index (χ3n) is 4.68. The van der Waals surface area contributed by atoms with E-state index in [2.05, 4.69) is 15.1 Å². The minimum atomic E-state index is -0.380. The molecular formula is C13H22N4O. The summed E-state index contributed by atoms with van der Waals surface area (Å²) in [5.41, 5.74) is -0.380. The number of piperidine rings is 1. The molecule has 0 amide bonds. The van der Waals surface area contributed by atoms with E-state index in [-0.39, 0.29) is 5.60 Å². The molecule has 2 atom stereocenters. The monoisotopic (exact) mass is 250 g/mol. The van der Waals surface area contributed by atoms with Gasteiger partial charge in [-0.25, -0.2) is 0 Å². The van der Waals surface area contributed by atoms with E-state index < -0.39 is 0 Å². The van der Waals surface area contributed by atoms with Crippen LogP contribution in [-0.4, -0.2) is 43.5 Å². The van der Waals surface area contributed by atoms with E-state index in [1.54, 1.807) is 6.33 Å². The molecule has 18 heavy (non-hydrogen) atoms. The summed E-state index contributed by atoms with van der Waals surface area (Å²) in [6.45, 7) is 2.83. The van der Waals surface area contributed by atoms with Crippen molar-refractivity contribution in [1.82, 2.24) is 19.7 Å². The van der Waals surface area contributed by atoms with Crippen LogP contribution in [0.3, 0.4) is 0 Å². The van der Waals surface area contributed by atoms with Gasteiger partial charge in [-0.05, 0) is 19.3 Å². The van der Waals surface area contributed by atoms with Crippen LogP contribution in [0.25, 0.3) is 0 Å². The van der Waals surface area contributed by atoms with Gasteiger partial charge in [-0.1, -0.05) is 12.8 Å². The zero-order chi connectivity index (χ0) is 12.6. The Bertz CT molecular complexity index is 419. The second-order valence-electron chi connectivity index (χ2n) is 5.89. The summed E-state index contributed by atoms with van der Waals surface area (Å²) in [5, 5.41) is 18.7. The highest BCUT2D eigenvalue weighted by Gasteiger charge is 2.42. The van der Waals surface area contributed by atoms with E-state index in [1.807, 2.05) is 11.6 Å². The van der Waals surface area contributed by atoms with E-state index in [4.69, 9.17) is 0 Å². The lowest BCUT2D eigenvalue weighted by atomic mass is 9.71. The van der Waals surface area contributed by atoms with Crippen molar-refractivity contribution in [2.24, 2.45) is 13.0 Å². The highest BCUT2D eigenvalue weighted by atomic mass is 16.3. The van der Waals surface area contributed by atoms with Gasteiger partial charge in [0.1, 0.15) is 12.2 Å². The lowest BCUT2D eigenvalue weighted by molar-refractivity contribution is -0.0972. The molecule has 100 valence electrons. The van der Waals surface area contributed by atoms with E-state index >= 15 is 0 Å². The molecule has 1 aromatic heterocycles. The van der Waals surface area contributed by atoms with Gasteiger partial charge in [0.25, 0.3) is 0 Å². The van der Waals surface area contributed by atoms with Crippen molar-refractivity contribution in [2.45, 2.75) is 44.2 Å². The summed E-state index contributed by atoms with van der Waals surface area (Å²) in [4.78, 5) is 2.41. The molecule has 1 saturated carbocycles. The third-order valence-corrected chi connectivity index (χ3v) is 4.68. The average Bonchev–Trinajstić information content (AvgIpc) is 2.75. The van der Waals surface area contributed by atoms with Crippen LogP contribution in [0.1, 0.15) is 37.9 Å². The molecule has 2 fully saturated rings. The molecule has 1 aromatic rings. The summed E-state index contributed by atoms with van der Waals surface area (Å²) in [5.74, 6) is 1.46. The van der Waals surface area contributed by atoms with Crippen LogP contribution in [0, 0.1) is 5.92 Å². The summed E-state index contributed by atoms with van der Waals surface area (Å²) in [6.07, 6.45) is 7.29. The number of fused-ring (bicyclic) bond motifs is 1. The van der Waals surface area contributed by atoms with Crippen LogP contribution in [0.5, 0.6) is 0 Å². The largest absolute Gasteiger partial charge is 0.390 e. The van der Waals surface area contributed by atoms with Crippen molar-refractivity contribution in [3.8, 4) is 0 Å². The molecule has 2 unspecified atom stereocenters. The minimum Gasteiger partial charge on any atom is -0.390 e. The first-order chi connectivity index (χ1) is 8.67. The van der Waals surface area contributed by atoms with E-state index in [0.717, 1.165) is 38.3 Å². The maximum atomic E-state index is 10.6. The summed E-state index contributed by atoms with van der Waals surface area (Å²) in [7, 11) is 1.98. The van der Waals surface area contributed by atoms with Gasteiger partial charge < -0.3 is 9.67 Å². The average molecular weight is 250 g/mol. The summed E-state index contributed by atoms with van der Waals surface area (Å²) < 4.78 is 1.97. The predicted molar refractivity (Wildman–Crippen MR) is 67.8 cm³/mol. The fourth-order valence-electron chi connectivity index (χ4n) is 3.43. The first kappa shape index (κ1) is 12.1. The Hall–Kier alpha value is -0.940. The second-order valence-corrected chi connectivity index (χ2v) is 5.89. The number of likely N-dealkylation sites (tertiary alicyclic amines) is 1. The number of hydrogen-bond acceptors (Lipinski definition) is 4. The van der Waals surface area contributed by atoms with Crippen LogP contribution < -0.4 is 0 Å². The maximum absolute atomic E-state index is 10.6. The van der Waals surface area contributed by atoms with Crippen molar-refractivity contribution in [3.63, 3.8) is 0 Å². The quantitative estimate of drug-likeness (QED) is 0.849. The number of aryl methyl sites for hydroxylation is 1. The smallest absolute Gasteiger partial charge is 0.146 e. The SMILES string of the molecule is Cn1cnnc1CN1CCC2(O)CCCCC2C1. The molecule has 3 rings (SSSR count). The Morgan fingerprint density at radius 2 is 2.33 bits per heavy atom. The van der Waals surface area contributed by atoms with Crippen LogP contribution in [0.2, 0.25) is 0 Å². The van der Waals surface area contributed by atoms with Gasteiger partial charge in [0, 0.05) is 26.1 Å². The molecule has 1 saturated heterocycles. The molecule has 0 radical (unpaired) electrons. The van der Waals surface area contributed by atoms with E-state index in [1.165, 1.54) is 19.3 Å². The second kappa shape index (κ2) is 4.63. The highest BCUT2D eigenvalue weighted by molar-refractivity contribution is 4.97. The van der Waals surface area contributed by atoms with Gasteiger partial charge in [-0.15, -0.1) is 10.2 Å². The Kier molecular flexibility index (Phi) is 3.11. The van der Waals surface area contributed by atoms with Gasteiger partial charge in [0.15, 0.2) is 0 Å². The minimum absolute atomic E-state index is 0.380. The molecular weight excluding hydrogens is 228 g/mol. The number of hydrogen-bond donors (Lipinski definition) is 1. The fourth-order valence-corrected chi connectivity index (χ4v) is 3.43. The lowest BCUT2D eigenvalue weighted by Crippen LogP contribution is -2.53. The van der Waals surface area contributed by atoms with Gasteiger partial charge in [-0.3, -0.25) is 4.90 Å². The maximum Gasteiger partial charge on any atom is 0.146 e. The van der Waals surface area contributed by atoms with E-state index in [9.17, 15) is 5.11 Å². The zero-order valence-electron chi connectivity index (χ0n) is 11.0. The van der Waals surface area contributed by atoms with Crippen molar-refractivity contribution in [3.05, 3.63) is 12.2 Å². The topological polar surface area (TPSA) is 54.2 Å². The number of aromatic nitrogens is 3. The first-order valence-corrected chi connectivity index (χ1v) is 6.95. The molecule has 1 aliphatic heterocycles. The van der Waals surface area contributed by atoms with Gasteiger partial charge in [0.05, 0.1) is 12.1 Å². The first-order valence-electron chi connectivity index (χ1n) is 6.95. The van der Waals surface area contributed by atoms with Gasteiger partial charge >= 0.3 is 0 Å².